The number of amides is 1. The maximum absolute atomic E-state index is 12.5. The number of nitriles is 1. The number of hydrogen-bond donors (Lipinski definition) is 1. The van der Waals surface area contributed by atoms with Crippen LogP contribution >= 0.6 is 0 Å². The number of rotatable bonds is 6. The number of halogens is 3. The van der Waals surface area contributed by atoms with Crippen LogP contribution in [0.15, 0.2) is 24.3 Å². The van der Waals surface area contributed by atoms with Crippen molar-refractivity contribution in [3.63, 3.8) is 0 Å². The van der Waals surface area contributed by atoms with Gasteiger partial charge in [0, 0.05) is 12.5 Å². The first-order valence-electron chi connectivity index (χ1n) is 7.46. The molecule has 0 aliphatic rings. The van der Waals surface area contributed by atoms with Crippen molar-refractivity contribution in [2.24, 2.45) is 5.92 Å². The van der Waals surface area contributed by atoms with Crippen molar-refractivity contribution in [1.29, 1.82) is 5.26 Å². The molecule has 0 fully saturated rings. The molecule has 1 amide bonds. The topological polar surface area (TPSA) is 70.0 Å². The number of ketones is 1. The number of hydrogen-bond acceptors (Lipinski definition) is 3. The van der Waals surface area contributed by atoms with E-state index < -0.39 is 35.3 Å². The van der Waals surface area contributed by atoms with E-state index in [-0.39, 0.29) is 12.5 Å². The Morgan fingerprint density at radius 2 is 1.71 bits per heavy atom. The molecule has 0 aromatic heterocycles. The second kappa shape index (κ2) is 7.95. The largest absolute Gasteiger partial charge is 0.416 e. The van der Waals surface area contributed by atoms with Gasteiger partial charge in [0.2, 0.25) is 5.91 Å². The number of carbonyl (C=O) groups excluding carboxylic acids is 2. The van der Waals surface area contributed by atoms with E-state index in [1.807, 2.05) is 0 Å². The smallest absolute Gasteiger partial charge is 0.352 e. The third-order valence-electron chi connectivity index (χ3n) is 3.46. The molecule has 0 aliphatic carbocycles. The molecule has 0 aliphatic heterocycles. The lowest BCUT2D eigenvalue weighted by molar-refractivity contribution is -0.137. The van der Waals surface area contributed by atoms with Crippen LogP contribution in [0.3, 0.4) is 0 Å². The second-order valence-corrected chi connectivity index (χ2v) is 5.92. The minimum absolute atomic E-state index is 0.102. The zero-order valence-electron chi connectivity index (χ0n) is 13.6. The summed E-state index contributed by atoms with van der Waals surface area (Å²) < 4.78 is 37.6. The van der Waals surface area contributed by atoms with Crippen LogP contribution in [-0.2, 0) is 15.8 Å². The van der Waals surface area contributed by atoms with E-state index in [1.54, 1.807) is 26.8 Å². The normalized spacial score (nSPS) is 13.9. The predicted octanol–water partition coefficient (Wildman–Crippen LogP) is 3.43. The van der Waals surface area contributed by atoms with Crippen molar-refractivity contribution in [2.45, 2.75) is 45.3 Å². The van der Waals surface area contributed by atoms with Gasteiger partial charge in [-0.25, -0.2) is 0 Å². The monoisotopic (exact) mass is 340 g/mol. The highest BCUT2D eigenvalue weighted by Crippen LogP contribution is 2.30. The van der Waals surface area contributed by atoms with Gasteiger partial charge >= 0.3 is 6.18 Å². The van der Waals surface area contributed by atoms with E-state index in [0.717, 1.165) is 12.1 Å². The Kier molecular flexibility index (Phi) is 6.52. The van der Waals surface area contributed by atoms with Gasteiger partial charge in [0.15, 0.2) is 11.7 Å². The second-order valence-electron chi connectivity index (χ2n) is 5.92. The van der Waals surface area contributed by atoms with E-state index in [4.69, 9.17) is 5.26 Å². The lowest BCUT2D eigenvalue weighted by Crippen LogP contribution is -2.38. The highest BCUT2D eigenvalue weighted by molar-refractivity contribution is 6.04. The number of nitrogens with one attached hydrogen (secondary N) is 1. The van der Waals surface area contributed by atoms with E-state index in [9.17, 15) is 22.8 Å². The Morgan fingerprint density at radius 1 is 1.17 bits per heavy atom. The summed E-state index contributed by atoms with van der Waals surface area (Å²) in [6.45, 7) is 5.08. The number of carbonyl (C=O) groups is 2. The van der Waals surface area contributed by atoms with Crippen molar-refractivity contribution in [2.75, 3.05) is 0 Å². The number of benzene rings is 1. The molecule has 2 unspecified atom stereocenters. The highest BCUT2D eigenvalue weighted by Gasteiger charge is 2.31. The standard InChI is InChI=1S/C17H19F3N2O2/c1-10(2)22-16(24)14(9-21)15(23)8-11(3)12-4-6-13(7-5-12)17(18,19)20/h4-7,10-11,14H,8H2,1-3H3,(H,22,24). The van der Waals surface area contributed by atoms with Gasteiger partial charge in [-0.3, -0.25) is 9.59 Å². The van der Waals surface area contributed by atoms with Gasteiger partial charge in [0.05, 0.1) is 11.6 Å². The molecule has 0 bridgehead atoms. The Bertz CT molecular complexity index is 631. The number of Topliss-reactive ketones (excluding diaryl/α,β-unsaturated/α-hetero) is 1. The fraction of sp³-hybridized carbons (Fsp3) is 0.471. The third-order valence-corrected chi connectivity index (χ3v) is 3.46. The van der Waals surface area contributed by atoms with Crippen molar-refractivity contribution in [3.05, 3.63) is 35.4 Å². The van der Waals surface area contributed by atoms with Gasteiger partial charge in [-0.15, -0.1) is 0 Å². The zero-order chi connectivity index (χ0) is 18.5. The van der Waals surface area contributed by atoms with E-state index in [2.05, 4.69) is 5.32 Å². The average molecular weight is 340 g/mol. The molecule has 0 spiro atoms. The van der Waals surface area contributed by atoms with Crippen LogP contribution < -0.4 is 5.32 Å². The third kappa shape index (κ3) is 5.37. The minimum Gasteiger partial charge on any atom is -0.352 e. The molecule has 0 heterocycles. The molecular weight excluding hydrogens is 321 g/mol. The molecule has 1 rings (SSSR count). The molecule has 1 N–H and O–H groups in total. The molecule has 1 aromatic rings. The summed E-state index contributed by atoms with van der Waals surface area (Å²) in [4.78, 5) is 24.0. The molecule has 7 heteroatoms. The lowest BCUT2D eigenvalue weighted by Gasteiger charge is -2.16. The SMILES string of the molecule is CC(C)NC(=O)C(C#N)C(=O)CC(C)c1ccc(C(F)(F)F)cc1. The van der Waals surface area contributed by atoms with Crippen LogP contribution in [0, 0.1) is 17.2 Å². The van der Waals surface area contributed by atoms with Crippen molar-refractivity contribution in [1.82, 2.24) is 5.32 Å². The summed E-state index contributed by atoms with van der Waals surface area (Å²) in [5.41, 5.74) is -0.228. The molecule has 0 saturated carbocycles. The quantitative estimate of drug-likeness (QED) is 0.807. The number of nitrogens with zero attached hydrogens (tertiary/aromatic N) is 1. The van der Waals surface area contributed by atoms with Gasteiger partial charge in [0.1, 0.15) is 0 Å². The van der Waals surface area contributed by atoms with E-state index >= 15 is 0 Å². The van der Waals surface area contributed by atoms with Crippen molar-refractivity contribution in [3.8, 4) is 6.07 Å². The predicted molar refractivity (Wildman–Crippen MR) is 81.9 cm³/mol. The summed E-state index contributed by atoms with van der Waals surface area (Å²) in [6, 6.07) is 5.98. The molecule has 0 saturated heterocycles. The van der Waals surface area contributed by atoms with Gasteiger partial charge in [-0.1, -0.05) is 19.1 Å². The molecule has 130 valence electrons. The molecule has 24 heavy (non-hydrogen) atoms. The van der Waals surface area contributed by atoms with E-state index in [1.165, 1.54) is 12.1 Å². The molecule has 4 nitrogen and oxygen atoms in total. The van der Waals surface area contributed by atoms with Gasteiger partial charge in [0.25, 0.3) is 0 Å². The van der Waals surface area contributed by atoms with Crippen molar-refractivity contribution < 1.29 is 22.8 Å². The fourth-order valence-corrected chi connectivity index (χ4v) is 2.18. The molecule has 2 atom stereocenters. The van der Waals surface area contributed by atoms with E-state index in [0.29, 0.717) is 5.56 Å². The van der Waals surface area contributed by atoms with Crippen LogP contribution in [0.1, 0.15) is 44.2 Å². The maximum atomic E-state index is 12.5. The summed E-state index contributed by atoms with van der Waals surface area (Å²) in [5.74, 6) is -3.02. The minimum atomic E-state index is -4.42. The van der Waals surface area contributed by atoms with Gasteiger partial charge in [-0.2, -0.15) is 18.4 Å². The Morgan fingerprint density at radius 3 is 2.12 bits per heavy atom. The molecule has 0 radical (unpaired) electrons. The fourth-order valence-electron chi connectivity index (χ4n) is 2.18. The highest BCUT2D eigenvalue weighted by atomic mass is 19.4. The first-order valence-corrected chi connectivity index (χ1v) is 7.46. The van der Waals surface area contributed by atoms with Crippen LogP contribution in [0.4, 0.5) is 13.2 Å². The maximum Gasteiger partial charge on any atom is 0.416 e. The Balaban J connectivity index is 2.79. The Labute approximate surface area is 138 Å². The summed E-state index contributed by atoms with van der Waals surface area (Å²) in [6.07, 6.45) is -4.52. The van der Waals surface area contributed by atoms with Crippen LogP contribution in [0.5, 0.6) is 0 Å². The molecule has 1 aromatic carbocycles. The van der Waals surface area contributed by atoms with Gasteiger partial charge in [-0.05, 0) is 37.5 Å². The first kappa shape index (κ1) is 19.7. The Hall–Kier alpha value is -2.36. The number of alkyl halides is 3. The summed E-state index contributed by atoms with van der Waals surface area (Å²) >= 11 is 0. The lowest BCUT2D eigenvalue weighted by atomic mass is 9.90. The van der Waals surface area contributed by atoms with Gasteiger partial charge < -0.3 is 5.32 Å². The van der Waals surface area contributed by atoms with Crippen LogP contribution in [0.25, 0.3) is 0 Å². The van der Waals surface area contributed by atoms with Crippen LogP contribution in [-0.4, -0.2) is 17.7 Å². The first-order chi connectivity index (χ1) is 11.1. The summed E-state index contributed by atoms with van der Waals surface area (Å²) in [7, 11) is 0. The van der Waals surface area contributed by atoms with Crippen molar-refractivity contribution >= 4 is 11.7 Å². The molecular formula is C17H19F3N2O2. The average Bonchev–Trinajstić information content (AvgIpc) is 2.46. The summed E-state index contributed by atoms with van der Waals surface area (Å²) in [5, 5.41) is 11.5. The zero-order valence-corrected chi connectivity index (χ0v) is 13.6. The van der Waals surface area contributed by atoms with Crippen LogP contribution in [0.2, 0.25) is 0 Å².